The van der Waals surface area contributed by atoms with Crippen LogP contribution in [0.1, 0.15) is 24.8 Å². The molecule has 3 rings (SSSR count). The van der Waals surface area contributed by atoms with E-state index >= 15 is 0 Å². The van der Waals surface area contributed by atoms with E-state index in [1.807, 2.05) is 12.1 Å². The molecule has 1 aromatic rings. The van der Waals surface area contributed by atoms with Gasteiger partial charge in [-0.2, -0.15) is 0 Å². The van der Waals surface area contributed by atoms with Crippen molar-refractivity contribution < 1.29 is 8.42 Å². The predicted octanol–water partition coefficient (Wildman–Crippen LogP) is 2.78. The lowest BCUT2D eigenvalue weighted by Gasteiger charge is -2.31. The van der Waals surface area contributed by atoms with Gasteiger partial charge < -0.3 is 4.90 Å². The van der Waals surface area contributed by atoms with Crippen molar-refractivity contribution in [2.24, 2.45) is 5.92 Å². The van der Waals surface area contributed by atoms with Crippen LogP contribution in [-0.4, -0.2) is 44.0 Å². The highest BCUT2D eigenvalue weighted by molar-refractivity contribution is 7.91. The van der Waals surface area contributed by atoms with E-state index in [2.05, 4.69) is 17.0 Å². The zero-order valence-corrected chi connectivity index (χ0v) is 13.7. The fraction of sp³-hybridized carbons (Fsp3) is 0.625. The third kappa shape index (κ3) is 3.99. The topological polar surface area (TPSA) is 37.4 Å². The van der Waals surface area contributed by atoms with E-state index in [1.54, 1.807) is 0 Å². The average Bonchev–Trinajstić information content (AvgIpc) is 2.90. The fourth-order valence-electron chi connectivity index (χ4n) is 3.56. The molecule has 2 aliphatic heterocycles. The van der Waals surface area contributed by atoms with Crippen LogP contribution in [0.25, 0.3) is 0 Å². The Morgan fingerprint density at radius 2 is 1.76 bits per heavy atom. The molecule has 116 valence electrons. The van der Waals surface area contributed by atoms with Crippen LogP contribution in [-0.2, 0) is 16.3 Å². The van der Waals surface area contributed by atoms with Crippen LogP contribution in [0.3, 0.4) is 0 Å². The lowest BCUT2D eigenvalue weighted by Crippen LogP contribution is -2.40. The fourth-order valence-corrected chi connectivity index (χ4v) is 5.15. The maximum Gasteiger partial charge on any atom is 0.150 e. The van der Waals surface area contributed by atoms with Crippen LogP contribution in [0.15, 0.2) is 24.3 Å². The molecule has 0 bridgehead atoms. The first kappa shape index (κ1) is 15.3. The number of hydrogen-bond donors (Lipinski definition) is 0. The Balaban J connectivity index is 1.52. The van der Waals surface area contributed by atoms with Crippen LogP contribution in [0.5, 0.6) is 0 Å². The van der Waals surface area contributed by atoms with Gasteiger partial charge in [-0.1, -0.05) is 23.7 Å². The Labute approximate surface area is 132 Å². The third-order valence-electron chi connectivity index (χ3n) is 4.80. The first-order valence-electron chi connectivity index (χ1n) is 7.71. The number of halogens is 1. The van der Waals surface area contributed by atoms with Gasteiger partial charge in [0.25, 0.3) is 0 Å². The summed E-state index contributed by atoms with van der Waals surface area (Å²) in [7, 11) is -2.75. The summed E-state index contributed by atoms with van der Waals surface area (Å²) in [5.41, 5.74) is 1.34. The van der Waals surface area contributed by atoms with Gasteiger partial charge >= 0.3 is 0 Å². The van der Waals surface area contributed by atoms with E-state index in [0.717, 1.165) is 37.4 Å². The van der Waals surface area contributed by atoms with E-state index in [9.17, 15) is 8.42 Å². The minimum absolute atomic E-state index is 0.371. The van der Waals surface area contributed by atoms with E-state index < -0.39 is 9.84 Å². The van der Waals surface area contributed by atoms with E-state index in [4.69, 9.17) is 11.6 Å². The van der Waals surface area contributed by atoms with Crippen molar-refractivity contribution in [1.82, 2.24) is 4.90 Å². The maximum absolute atomic E-state index is 11.5. The molecule has 1 atom stereocenters. The van der Waals surface area contributed by atoms with E-state index in [0.29, 0.717) is 23.5 Å². The standard InChI is InChI=1S/C16H22ClNO2S/c17-15-3-1-13(2-4-15)11-14-5-8-18(12-14)16-6-9-21(19,20)10-7-16/h1-4,14,16H,5-12H2. The van der Waals surface area contributed by atoms with Crippen molar-refractivity contribution in [1.29, 1.82) is 0 Å². The zero-order valence-electron chi connectivity index (χ0n) is 12.2. The number of likely N-dealkylation sites (tertiary alicyclic amines) is 1. The predicted molar refractivity (Wildman–Crippen MR) is 86.5 cm³/mol. The molecule has 1 unspecified atom stereocenters. The van der Waals surface area contributed by atoms with Gasteiger partial charge in [0.1, 0.15) is 9.84 Å². The molecule has 0 aromatic heterocycles. The summed E-state index contributed by atoms with van der Waals surface area (Å²) in [6.07, 6.45) is 3.94. The highest BCUT2D eigenvalue weighted by Gasteiger charge is 2.32. The molecule has 2 saturated heterocycles. The number of hydrogen-bond acceptors (Lipinski definition) is 3. The average molecular weight is 328 g/mol. The van der Waals surface area contributed by atoms with Crippen molar-refractivity contribution in [2.45, 2.75) is 31.7 Å². The molecule has 0 spiro atoms. The van der Waals surface area contributed by atoms with Gasteiger partial charge in [-0.3, -0.25) is 0 Å². The molecule has 2 heterocycles. The summed E-state index contributed by atoms with van der Waals surface area (Å²) in [6, 6.07) is 8.60. The van der Waals surface area contributed by atoms with E-state index in [-0.39, 0.29) is 0 Å². The Morgan fingerprint density at radius 3 is 2.43 bits per heavy atom. The van der Waals surface area contributed by atoms with Gasteiger partial charge in [0.15, 0.2) is 0 Å². The van der Waals surface area contributed by atoms with Crippen molar-refractivity contribution in [3.63, 3.8) is 0 Å². The van der Waals surface area contributed by atoms with Crippen LogP contribution in [0.2, 0.25) is 5.02 Å². The normalized spacial score (nSPS) is 27.0. The molecular weight excluding hydrogens is 306 g/mol. The first-order chi connectivity index (χ1) is 10.0. The highest BCUT2D eigenvalue weighted by atomic mass is 35.5. The Bertz CT molecular complexity index is 571. The van der Waals surface area contributed by atoms with Gasteiger partial charge in [-0.05, 0) is 55.8 Å². The molecule has 2 aliphatic rings. The number of sulfone groups is 1. The second-order valence-electron chi connectivity index (χ2n) is 6.36. The van der Waals surface area contributed by atoms with Crippen molar-refractivity contribution in [3.05, 3.63) is 34.9 Å². The summed E-state index contributed by atoms with van der Waals surface area (Å²) in [5, 5.41) is 0.787. The smallest absolute Gasteiger partial charge is 0.150 e. The third-order valence-corrected chi connectivity index (χ3v) is 6.76. The van der Waals surface area contributed by atoms with Gasteiger partial charge in [0, 0.05) is 17.6 Å². The van der Waals surface area contributed by atoms with Gasteiger partial charge in [-0.25, -0.2) is 8.42 Å². The first-order valence-corrected chi connectivity index (χ1v) is 9.91. The van der Waals surface area contributed by atoms with Crippen LogP contribution < -0.4 is 0 Å². The number of benzene rings is 1. The highest BCUT2D eigenvalue weighted by Crippen LogP contribution is 2.27. The monoisotopic (exact) mass is 327 g/mol. The lowest BCUT2D eigenvalue weighted by atomic mass is 9.99. The number of nitrogens with zero attached hydrogens (tertiary/aromatic N) is 1. The Morgan fingerprint density at radius 1 is 1.10 bits per heavy atom. The van der Waals surface area contributed by atoms with Gasteiger partial charge in [0.2, 0.25) is 0 Å². The maximum atomic E-state index is 11.5. The molecule has 0 aliphatic carbocycles. The SMILES string of the molecule is O=S1(=O)CCC(N2CCC(Cc3ccc(Cl)cc3)C2)CC1. The molecule has 0 saturated carbocycles. The number of rotatable bonds is 3. The van der Waals surface area contributed by atoms with Gasteiger partial charge in [-0.15, -0.1) is 0 Å². The molecule has 21 heavy (non-hydrogen) atoms. The quantitative estimate of drug-likeness (QED) is 0.856. The van der Waals surface area contributed by atoms with Gasteiger partial charge in [0.05, 0.1) is 11.5 Å². The summed E-state index contributed by atoms with van der Waals surface area (Å²) < 4.78 is 23.0. The molecular formula is C16H22ClNO2S. The molecule has 2 fully saturated rings. The minimum Gasteiger partial charge on any atom is -0.300 e. The molecule has 0 N–H and O–H groups in total. The second kappa shape index (κ2) is 6.27. The van der Waals surface area contributed by atoms with Crippen LogP contribution in [0.4, 0.5) is 0 Å². The summed E-state index contributed by atoms with van der Waals surface area (Å²) >= 11 is 5.92. The lowest BCUT2D eigenvalue weighted by molar-refractivity contribution is 0.218. The zero-order chi connectivity index (χ0) is 14.9. The van der Waals surface area contributed by atoms with Crippen LogP contribution >= 0.6 is 11.6 Å². The molecule has 5 heteroatoms. The summed E-state index contributed by atoms with van der Waals surface area (Å²) in [4.78, 5) is 2.51. The summed E-state index contributed by atoms with van der Waals surface area (Å²) in [6.45, 7) is 2.22. The molecule has 0 radical (unpaired) electrons. The van der Waals surface area contributed by atoms with Crippen molar-refractivity contribution in [3.8, 4) is 0 Å². The van der Waals surface area contributed by atoms with Crippen LogP contribution in [0, 0.1) is 5.92 Å². The largest absolute Gasteiger partial charge is 0.300 e. The van der Waals surface area contributed by atoms with Crippen molar-refractivity contribution in [2.75, 3.05) is 24.6 Å². The Hall–Kier alpha value is -0.580. The second-order valence-corrected chi connectivity index (χ2v) is 9.10. The molecule has 0 amide bonds. The Kier molecular flexibility index (Phi) is 4.57. The summed E-state index contributed by atoms with van der Waals surface area (Å²) in [5.74, 6) is 1.43. The molecule has 3 nitrogen and oxygen atoms in total. The van der Waals surface area contributed by atoms with E-state index in [1.165, 1.54) is 12.0 Å². The molecule has 1 aromatic carbocycles. The van der Waals surface area contributed by atoms with Crippen molar-refractivity contribution >= 4 is 21.4 Å². The minimum atomic E-state index is -2.75.